The minimum atomic E-state index is -0.426. The topological polar surface area (TPSA) is 79.6 Å². The number of rotatable bonds is 3. The van der Waals surface area contributed by atoms with Crippen LogP contribution in [0.25, 0.3) is 10.9 Å². The molecule has 2 heterocycles. The van der Waals surface area contributed by atoms with E-state index in [0.717, 1.165) is 16.5 Å². The van der Waals surface area contributed by atoms with Crippen LogP contribution in [-0.2, 0) is 0 Å². The van der Waals surface area contributed by atoms with Gasteiger partial charge in [-0.1, -0.05) is 23.7 Å². The molecule has 0 aliphatic carbocycles. The summed E-state index contributed by atoms with van der Waals surface area (Å²) in [5, 5.41) is 12.7. The number of carbonyl (C=O) groups excluding carboxylic acids is 1. The molecule has 1 amide bonds. The highest BCUT2D eigenvalue weighted by Gasteiger charge is 2.27. The minimum Gasteiger partial charge on any atom is -0.362 e. The summed E-state index contributed by atoms with van der Waals surface area (Å²) in [6, 6.07) is 12.6. The summed E-state index contributed by atoms with van der Waals surface area (Å²) in [6.45, 7) is 5.83. The fourth-order valence-corrected chi connectivity index (χ4v) is 3.99. The molecule has 2 aromatic carbocycles. The van der Waals surface area contributed by atoms with Crippen LogP contribution in [0, 0.1) is 24.0 Å². The normalized spacial score (nSPS) is 14.2. The van der Waals surface area contributed by atoms with Gasteiger partial charge in [0.2, 0.25) is 0 Å². The lowest BCUT2D eigenvalue weighted by molar-refractivity contribution is -0.384. The zero-order valence-electron chi connectivity index (χ0n) is 16.8. The van der Waals surface area contributed by atoms with Crippen molar-refractivity contribution >= 4 is 39.8 Å². The monoisotopic (exact) mass is 424 g/mol. The average molecular weight is 425 g/mol. The number of fused-ring (bicyclic) bond motifs is 1. The summed E-state index contributed by atoms with van der Waals surface area (Å²) in [7, 11) is 0. The number of pyridine rings is 1. The Balaban J connectivity index is 1.53. The molecule has 0 radical (unpaired) electrons. The van der Waals surface area contributed by atoms with E-state index in [2.05, 4.69) is 4.98 Å². The Hall–Kier alpha value is -3.19. The van der Waals surface area contributed by atoms with E-state index in [1.54, 1.807) is 17.0 Å². The number of anilines is 1. The summed E-state index contributed by atoms with van der Waals surface area (Å²) in [4.78, 5) is 32.4. The van der Waals surface area contributed by atoms with Crippen molar-refractivity contribution in [2.45, 2.75) is 13.8 Å². The number of nitro groups is 1. The number of amides is 1. The Morgan fingerprint density at radius 3 is 2.50 bits per heavy atom. The van der Waals surface area contributed by atoms with Crippen LogP contribution < -0.4 is 4.90 Å². The first-order valence-corrected chi connectivity index (χ1v) is 10.1. The number of aryl methyl sites for hydroxylation is 2. The van der Waals surface area contributed by atoms with Gasteiger partial charge in [-0.25, -0.2) is 0 Å². The smallest absolute Gasteiger partial charge is 0.294 e. The zero-order chi connectivity index (χ0) is 21.4. The molecule has 1 fully saturated rings. The van der Waals surface area contributed by atoms with E-state index in [4.69, 9.17) is 11.6 Å². The highest BCUT2D eigenvalue weighted by Crippen LogP contribution is 2.32. The van der Waals surface area contributed by atoms with Gasteiger partial charge in [-0.2, -0.15) is 0 Å². The van der Waals surface area contributed by atoms with Crippen LogP contribution in [0.3, 0.4) is 0 Å². The van der Waals surface area contributed by atoms with E-state index < -0.39 is 4.92 Å². The molecule has 0 atom stereocenters. The maximum Gasteiger partial charge on any atom is 0.294 e. The molecule has 3 aromatic rings. The van der Waals surface area contributed by atoms with E-state index in [-0.39, 0.29) is 11.6 Å². The standard InChI is InChI=1S/C22H21ClN4O3/c1-14-3-4-16-12-18(15(2)24-19(16)11-14)22(28)26-9-7-25(8-10-26)20-6-5-17(23)13-21(20)27(29)30/h3-6,11-13H,7-10H2,1-2H3. The van der Waals surface area contributed by atoms with Crippen LogP contribution >= 0.6 is 11.6 Å². The van der Waals surface area contributed by atoms with E-state index >= 15 is 0 Å². The third-order valence-corrected chi connectivity index (χ3v) is 5.67. The highest BCUT2D eigenvalue weighted by molar-refractivity contribution is 6.30. The molecular formula is C22H21ClN4O3. The molecule has 0 bridgehead atoms. The molecule has 0 saturated carbocycles. The van der Waals surface area contributed by atoms with Gasteiger partial charge in [0.15, 0.2) is 0 Å². The first kappa shape index (κ1) is 20.1. The van der Waals surface area contributed by atoms with Gasteiger partial charge in [-0.3, -0.25) is 19.9 Å². The molecule has 0 unspecified atom stereocenters. The average Bonchev–Trinajstić information content (AvgIpc) is 2.72. The Morgan fingerprint density at radius 2 is 1.80 bits per heavy atom. The van der Waals surface area contributed by atoms with Crippen LogP contribution in [0.5, 0.6) is 0 Å². The summed E-state index contributed by atoms with van der Waals surface area (Å²) in [5.74, 6) is -0.0623. The van der Waals surface area contributed by atoms with Gasteiger partial charge in [0.25, 0.3) is 11.6 Å². The Bertz CT molecular complexity index is 1160. The number of nitro benzene ring substituents is 1. The first-order chi connectivity index (χ1) is 14.3. The van der Waals surface area contributed by atoms with E-state index in [0.29, 0.717) is 48.1 Å². The summed E-state index contributed by atoms with van der Waals surface area (Å²) in [5.41, 5.74) is 3.80. The van der Waals surface area contributed by atoms with Crippen molar-refractivity contribution < 1.29 is 9.72 Å². The Kier molecular flexibility index (Phi) is 5.30. The molecular weight excluding hydrogens is 404 g/mol. The third kappa shape index (κ3) is 3.80. The summed E-state index contributed by atoms with van der Waals surface area (Å²) < 4.78 is 0. The highest BCUT2D eigenvalue weighted by atomic mass is 35.5. The van der Waals surface area contributed by atoms with Gasteiger partial charge in [0.05, 0.1) is 21.7 Å². The molecule has 8 heteroatoms. The van der Waals surface area contributed by atoms with Crippen molar-refractivity contribution in [3.05, 3.63) is 74.4 Å². The number of aromatic nitrogens is 1. The quantitative estimate of drug-likeness (QED) is 0.460. The molecule has 30 heavy (non-hydrogen) atoms. The molecule has 4 rings (SSSR count). The SMILES string of the molecule is Cc1ccc2cc(C(=O)N3CCN(c4ccc(Cl)cc4[N+](=O)[O-])CC3)c(C)nc2c1. The van der Waals surface area contributed by atoms with Gasteiger partial charge < -0.3 is 9.80 Å². The van der Waals surface area contributed by atoms with Crippen molar-refractivity contribution in [1.29, 1.82) is 0 Å². The molecule has 0 N–H and O–H groups in total. The molecule has 7 nitrogen and oxygen atoms in total. The van der Waals surface area contributed by atoms with Crippen molar-refractivity contribution in [2.75, 3.05) is 31.1 Å². The number of halogens is 1. The molecule has 1 aromatic heterocycles. The van der Waals surface area contributed by atoms with Crippen LogP contribution in [0.2, 0.25) is 5.02 Å². The Morgan fingerprint density at radius 1 is 1.07 bits per heavy atom. The van der Waals surface area contributed by atoms with E-state index in [1.807, 2.05) is 43.0 Å². The molecule has 1 aliphatic rings. The van der Waals surface area contributed by atoms with Crippen LogP contribution in [-0.4, -0.2) is 46.9 Å². The second-order valence-electron chi connectivity index (χ2n) is 7.49. The number of piperazine rings is 1. The minimum absolute atomic E-state index is 0.0212. The van der Waals surface area contributed by atoms with Gasteiger partial charge in [0.1, 0.15) is 5.69 Å². The van der Waals surface area contributed by atoms with Crippen molar-refractivity contribution in [3.63, 3.8) is 0 Å². The second-order valence-corrected chi connectivity index (χ2v) is 7.92. The lowest BCUT2D eigenvalue weighted by Gasteiger charge is -2.36. The van der Waals surface area contributed by atoms with Gasteiger partial charge in [-0.05, 0) is 43.7 Å². The summed E-state index contributed by atoms with van der Waals surface area (Å²) in [6.07, 6.45) is 0. The largest absolute Gasteiger partial charge is 0.362 e. The fourth-order valence-electron chi connectivity index (χ4n) is 3.82. The van der Waals surface area contributed by atoms with Crippen molar-refractivity contribution in [2.24, 2.45) is 0 Å². The predicted molar refractivity (Wildman–Crippen MR) is 117 cm³/mol. The lowest BCUT2D eigenvalue weighted by Crippen LogP contribution is -2.49. The predicted octanol–water partition coefficient (Wildman–Crippen LogP) is 4.38. The maximum atomic E-state index is 13.1. The number of carbonyl (C=O) groups is 1. The molecule has 1 aliphatic heterocycles. The fraction of sp³-hybridized carbons (Fsp3) is 0.273. The molecule has 0 spiro atoms. The van der Waals surface area contributed by atoms with Gasteiger partial charge >= 0.3 is 0 Å². The number of hydrogen-bond donors (Lipinski definition) is 0. The third-order valence-electron chi connectivity index (χ3n) is 5.44. The van der Waals surface area contributed by atoms with Crippen LogP contribution in [0.4, 0.5) is 11.4 Å². The van der Waals surface area contributed by atoms with Crippen LogP contribution in [0.15, 0.2) is 42.5 Å². The number of hydrogen-bond acceptors (Lipinski definition) is 5. The number of benzene rings is 2. The van der Waals surface area contributed by atoms with Crippen molar-refractivity contribution in [3.8, 4) is 0 Å². The van der Waals surface area contributed by atoms with Gasteiger partial charge in [0, 0.05) is 42.7 Å². The van der Waals surface area contributed by atoms with E-state index in [1.165, 1.54) is 6.07 Å². The van der Waals surface area contributed by atoms with Gasteiger partial charge in [-0.15, -0.1) is 0 Å². The summed E-state index contributed by atoms with van der Waals surface area (Å²) >= 11 is 5.92. The Labute approximate surface area is 179 Å². The lowest BCUT2D eigenvalue weighted by atomic mass is 10.1. The first-order valence-electron chi connectivity index (χ1n) is 9.69. The number of nitrogens with zero attached hydrogens (tertiary/aromatic N) is 4. The van der Waals surface area contributed by atoms with Crippen LogP contribution in [0.1, 0.15) is 21.6 Å². The van der Waals surface area contributed by atoms with E-state index in [9.17, 15) is 14.9 Å². The molecule has 1 saturated heterocycles. The zero-order valence-corrected chi connectivity index (χ0v) is 17.5. The molecule has 154 valence electrons. The second kappa shape index (κ2) is 7.91. The maximum absolute atomic E-state index is 13.1. The van der Waals surface area contributed by atoms with Crippen molar-refractivity contribution in [1.82, 2.24) is 9.88 Å².